The lowest BCUT2D eigenvalue weighted by molar-refractivity contribution is -0.203. The average molecular weight is 423 g/mol. The summed E-state index contributed by atoms with van der Waals surface area (Å²) in [5.74, 6) is -2.80. The third-order valence-electron chi connectivity index (χ3n) is 4.20. The maximum Gasteiger partial charge on any atom is 0.442 e. The first kappa shape index (κ1) is 20.6. The lowest BCUT2D eigenvalue weighted by Gasteiger charge is -2.34. The summed E-state index contributed by atoms with van der Waals surface area (Å²) in [6.45, 7) is 1.57. The van der Waals surface area contributed by atoms with E-state index in [-0.39, 0.29) is 10.7 Å². The molecular formula is C19H16F3N3O3S. The topological polar surface area (TPSA) is 80.3 Å². The Morgan fingerprint density at radius 3 is 2.34 bits per heavy atom. The van der Waals surface area contributed by atoms with Crippen molar-refractivity contribution in [3.05, 3.63) is 59.7 Å². The Bertz CT molecular complexity index is 1030. The third kappa shape index (κ3) is 3.88. The number of nitrogens with one attached hydrogen (secondary N) is 2. The van der Waals surface area contributed by atoms with E-state index in [9.17, 15) is 22.8 Å². The van der Waals surface area contributed by atoms with E-state index in [2.05, 4.69) is 15.0 Å². The molecule has 0 aliphatic carbocycles. The van der Waals surface area contributed by atoms with Crippen LogP contribution in [-0.2, 0) is 9.53 Å². The van der Waals surface area contributed by atoms with Gasteiger partial charge in [-0.25, -0.2) is 9.78 Å². The van der Waals surface area contributed by atoms with Gasteiger partial charge in [0.05, 0.1) is 17.3 Å². The number of aryl methyl sites for hydroxylation is 1. The number of aromatic nitrogens is 1. The van der Waals surface area contributed by atoms with Crippen molar-refractivity contribution in [1.82, 2.24) is 10.3 Å². The highest BCUT2D eigenvalue weighted by atomic mass is 32.1. The van der Waals surface area contributed by atoms with Crippen LogP contribution in [-0.4, -0.2) is 35.8 Å². The fourth-order valence-corrected chi connectivity index (χ4v) is 3.62. The Hall–Kier alpha value is -3.14. The number of methoxy groups -OCH3 is 1. The predicted octanol–water partition coefficient (Wildman–Crippen LogP) is 3.88. The van der Waals surface area contributed by atoms with E-state index in [4.69, 9.17) is 0 Å². The van der Waals surface area contributed by atoms with Crippen molar-refractivity contribution in [1.29, 1.82) is 0 Å². The van der Waals surface area contributed by atoms with Crippen molar-refractivity contribution in [2.45, 2.75) is 18.8 Å². The Labute approximate surface area is 167 Å². The molecule has 1 amide bonds. The second-order valence-corrected chi connectivity index (χ2v) is 7.15. The highest BCUT2D eigenvalue weighted by Gasteiger charge is 2.64. The minimum atomic E-state index is -5.23. The van der Waals surface area contributed by atoms with E-state index >= 15 is 0 Å². The average Bonchev–Trinajstić information content (AvgIpc) is 3.08. The van der Waals surface area contributed by atoms with Gasteiger partial charge in [0.2, 0.25) is 0 Å². The number of nitrogens with zero attached hydrogens (tertiary/aromatic N) is 1. The van der Waals surface area contributed by atoms with Gasteiger partial charge in [0.15, 0.2) is 5.13 Å². The van der Waals surface area contributed by atoms with Crippen molar-refractivity contribution >= 4 is 38.6 Å². The van der Waals surface area contributed by atoms with Gasteiger partial charge < -0.3 is 15.4 Å². The standard InChI is InChI=1S/C19H16F3N3O3S/c1-11-7-3-4-8-12(11)15(26)24-18(16(27)28-2,19(20,21)22)25-17-23-13-9-5-6-10-14(13)29-17/h3-10H,1-2H3,(H,23,25)(H,24,26)/t18-/m0/s1. The van der Waals surface area contributed by atoms with Crippen LogP contribution in [0, 0.1) is 6.92 Å². The minimum absolute atomic E-state index is 0.00359. The highest BCUT2D eigenvalue weighted by Crippen LogP contribution is 2.36. The van der Waals surface area contributed by atoms with Crippen molar-refractivity contribution in [3.63, 3.8) is 0 Å². The smallest absolute Gasteiger partial charge is 0.442 e. The number of hydrogen-bond acceptors (Lipinski definition) is 6. The highest BCUT2D eigenvalue weighted by molar-refractivity contribution is 7.22. The minimum Gasteiger partial charge on any atom is -0.466 e. The van der Waals surface area contributed by atoms with Crippen LogP contribution in [0.4, 0.5) is 18.3 Å². The number of rotatable bonds is 5. The Morgan fingerprint density at radius 1 is 1.07 bits per heavy atom. The Morgan fingerprint density at radius 2 is 1.72 bits per heavy atom. The van der Waals surface area contributed by atoms with Crippen molar-refractivity contribution in [3.8, 4) is 0 Å². The molecule has 152 valence electrons. The molecule has 3 rings (SSSR count). The van der Waals surface area contributed by atoms with Crippen molar-refractivity contribution in [2.75, 3.05) is 12.4 Å². The van der Waals surface area contributed by atoms with Gasteiger partial charge in [-0.3, -0.25) is 4.79 Å². The zero-order valence-corrected chi connectivity index (χ0v) is 16.1. The van der Waals surface area contributed by atoms with Crippen molar-refractivity contribution < 1.29 is 27.5 Å². The third-order valence-corrected chi connectivity index (χ3v) is 5.15. The molecule has 1 heterocycles. The normalized spacial score (nSPS) is 13.6. The number of amides is 1. The number of carbonyl (C=O) groups excluding carboxylic acids is 2. The summed E-state index contributed by atoms with van der Waals surface area (Å²) in [4.78, 5) is 29.0. The lowest BCUT2D eigenvalue weighted by Crippen LogP contribution is -2.69. The van der Waals surface area contributed by atoms with Crippen LogP contribution in [0.2, 0.25) is 0 Å². The number of esters is 1. The number of para-hydroxylation sites is 1. The van der Waals surface area contributed by atoms with Gasteiger partial charge in [-0.1, -0.05) is 41.7 Å². The zero-order chi connectivity index (χ0) is 21.2. The van der Waals surface area contributed by atoms with Gasteiger partial charge in [0.1, 0.15) is 0 Å². The van der Waals surface area contributed by atoms with Gasteiger partial charge in [0.25, 0.3) is 5.91 Å². The van der Waals surface area contributed by atoms with Gasteiger partial charge in [-0.15, -0.1) is 0 Å². The van der Waals surface area contributed by atoms with Gasteiger partial charge in [0, 0.05) is 5.56 Å². The van der Waals surface area contributed by atoms with E-state index in [1.165, 1.54) is 12.1 Å². The molecule has 0 fully saturated rings. The Kier molecular flexibility index (Phi) is 5.47. The molecule has 0 unspecified atom stereocenters. The summed E-state index contributed by atoms with van der Waals surface area (Å²) < 4.78 is 47.4. The van der Waals surface area contributed by atoms with Crippen LogP contribution in [0.3, 0.4) is 0 Å². The van der Waals surface area contributed by atoms with Crippen LogP contribution in [0.15, 0.2) is 48.5 Å². The number of thiazole rings is 1. The first-order valence-corrected chi connectivity index (χ1v) is 9.16. The molecule has 0 spiro atoms. The number of anilines is 1. The quantitative estimate of drug-likeness (QED) is 0.481. The number of fused-ring (bicyclic) bond motifs is 1. The molecule has 0 radical (unpaired) electrons. The maximum absolute atomic E-state index is 14.1. The van der Waals surface area contributed by atoms with Crippen LogP contribution in [0.5, 0.6) is 0 Å². The summed E-state index contributed by atoms with van der Waals surface area (Å²) in [6.07, 6.45) is -5.23. The van der Waals surface area contributed by atoms with Crippen LogP contribution < -0.4 is 10.6 Å². The van der Waals surface area contributed by atoms with Gasteiger partial charge >= 0.3 is 17.8 Å². The Balaban J connectivity index is 2.06. The predicted molar refractivity (Wildman–Crippen MR) is 103 cm³/mol. The molecule has 29 heavy (non-hydrogen) atoms. The maximum atomic E-state index is 14.1. The summed E-state index contributed by atoms with van der Waals surface area (Å²) in [5, 5.41) is 3.66. The van der Waals surface area contributed by atoms with E-state index in [0.717, 1.165) is 18.4 Å². The molecule has 0 saturated heterocycles. The molecule has 0 aliphatic rings. The summed E-state index contributed by atoms with van der Waals surface area (Å²) in [6, 6.07) is 12.8. The molecule has 1 aromatic heterocycles. The summed E-state index contributed by atoms with van der Waals surface area (Å²) >= 11 is 0.913. The molecule has 2 N–H and O–H groups in total. The fourth-order valence-electron chi connectivity index (χ4n) is 2.70. The van der Waals surface area contributed by atoms with Crippen LogP contribution in [0.25, 0.3) is 10.2 Å². The number of ether oxygens (including phenoxy) is 1. The molecule has 2 aromatic carbocycles. The molecule has 1 atom stereocenters. The van der Waals surface area contributed by atoms with Gasteiger partial charge in [-0.2, -0.15) is 13.2 Å². The largest absolute Gasteiger partial charge is 0.466 e. The SMILES string of the molecule is COC(=O)[C@](NC(=O)c1ccccc1C)(Nc1nc2ccccc2s1)C(F)(F)F. The molecule has 0 saturated carbocycles. The number of halogens is 3. The van der Waals surface area contributed by atoms with E-state index < -0.39 is 23.7 Å². The zero-order valence-electron chi connectivity index (χ0n) is 15.3. The fraction of sp³-hybridized carbons (Fsp3) is 0.211. The lowest BCUT2D eigenvalue weighted by atomic mass is 10.1. The molecule has 10 heteroatoms. The molecule has 0 aliphatic heterocycles. The first-order valence-electron chi connectivity index (χ1n) is 8.35. The van der Waals surface area contributed by atoms with Crippen molar-refractivity contribution in [2.24, 2.45) is 0 Å². The van der Waals surface area contributed by atoms with Crippen LogP contribution >= 0.6 is 11.3 Å². The molecular weight excluding hydrogens is 407 g/mol. The second-order valence-electron chi connectivity index (χ2n) is 6.12. The van der Waals surface area contributed by atoms with E-state index in [0.29, 0.717) is 15.8 Å². The first-order chi connectivity index (χ1) is 13.7. The summed E-state index contributed by atoms with van der Waals surface area (Å²) in [7, 11) is 0.808. The monoisotopic (exact) mass is 423 g/mol. The number of hydrogen-bond donors (Lipinski definition) is 2. The molecule has 0 bridgehead atoms. The molecule has 3 aromatic rings. The number of benzene rings is 2. The van der Waals surface area contributed by atoms with E-state index in [1.807, 2.05) is 0 Å². The number of carbonyl (C=O) groups is 2. The van der Waals surface area contributed by atoms with Gasteiger partial charge in [-0.05, 0) is 30.7 Å². The van der Waals surface area contributed by atoms with Crippen LogP contribution in [0.1, 0.15) is 15.9 Å². The summed E-state index contributed by atoms with van der Waals surface area (Å²) in [5.41, 5.74) is -2.62. The number of alkyl halides is 3. The molecule has 6 nitrogen and oxygen atoms in total. The van der Waals surface area contributed by atoms with E-state index in [1.54, 1.807) is 48.6 Å². The second kappa shape index (κ2) is 7.70.